The van der Waals surface area contributed by atoms with Crippen molar-refractivity contribution in [2.24, 2.45) is 0 Å². The molecule has 2 N–H and O–H groups in total. The molecule has 0 atom stereocenters. The van der Waals surface area contributed by atoms with Gasteiger partial charge in [-0.3, -0.25) is 0 Å². The van der Waals surface area contributed by atoms with Gasteiger partial charge in [0.05, 0.1) is 0 Å². The second kappa shape index (κ2) is 10.7. The van der Waals surface area contributed by atoms with Crippen molar-refractivity contribution in [1.29, 1.82) is 0 Å². The molecule has 1 aromatic rings. The van der Waals surface area contributed by atoms with Gasteiger partial charge in [-0.25, -0.2) is 8.78 Å². The van der Waals surface area contributed by atoms with Gasteiger partial charge >= 0.3 is 7.12 Å². The van der Waals surface area contributed by atoms with Gasteiger partial charge in [-0.1, -0.05) is 70.4 Å². The predicted molar refractivity (Wildman–Crippen MR) is 87.1 cm³/mol. The maximum atomic E-state index is 13.8. The highest BCUT2D eigenvalue weighted by Crippen LogP contribution is 2.15. The molecule has 0 aromatic heterocycles. The third-order valence-electron chi connectivity index (χ3n) is 4.02. The second-order valence-corrected chi connectivity index (χ2v) is 5.89. The molecule has 0 aliphatic heterocycles. The van der Waals surface area contributed by atoms with Crippen molar-refractivity contribution in [2.45, 2.75) is 71.1 Å². The fourth-order valence-electron chi connectivity index (χ4n) is 2.62. The van der Waals surface area contributed by atoms with Crippen LogP contribution in [-0.2, 0) is 6.42 Å². The molecule has 0 heterocycles. The molecule has 1 rings (SSSR count). The minimum Gasteiger partial charge on any atom is -0.423 e. The van der Waals surface area contributed by atoms with Gasteiger partial charge in [0, 0.05) is 5.46 Å². The lowest BCUT2D eigenvalue weighted by atomic mass is 9.79. The van der Waals surface area contributed by atoms with Gasteiger partial charge in [0.1, 0.15) is 0 Å². The summed E-state index contributed by atoms with van der Waals surface area (Å²) in [5.74, 6) is -2.10. The number of hydrogen-bond acceptors (Lipinski definition) is 2. The van der Waals surface area contributed by atoms with E-state index in [1.165, 1.54) is 50.7 Å². The molecule has 124 valence electrons. The van der Waals surface area contributed by atoms with Gasteiger partial charge in [-0.2, -0.15) is 0 Å². The molecular weight excluding hydrogens is 285 g/mol. The first-order chi connectivity index (χ1) is 10.6. The maximum Gasteiger partial charge on any atom is 0.491 e. The van der Waals surface area contributed by atoms with Crippen LogP contribution in [0, 0.1) is 11.6 Å². The highest BCUT2D eigenvalue weighted by atomic mass is 19.2. The first-order valence-corrected chi connectivity index (χ1v) is 8.40. The average Bonchev–Trinajstić information content (AvgIpc) is 2.49. The molecular formula is C17H27BF2O2. The van der Waals surface area contributed by atoms with E-state index in [1.54, 1.807) is 0 Å². The zero-order valence-corrected chi connectivity index (χ0v) is 13.5. The van der Waals surface area contributed by atoms with Crippen LogP contribution in [0.4, 0.5) is 8.78 Å². The summed E-state index contributed by atoms with van der Waals surface area (Å²) >= 11 is 0. The Labute approximate surface area is 132 Å². The molecule has 0 saturated carbocycles. The first kappa shape index (κ1) is 19.1. The van der Waals surface area contributed by atoms with E-state index in [0.29, 0.717) is 12.0 Å². The molecule has 2 nitrogen and oxygen atoms in total. The van der Waals surface area contributed by atoms with Crippen molar-refractivity contribution >= 4 is 12.6 Å². The summed E-state index contributed by atoms with van der Waals surface area (Å²) in [5.41, 5.74) is -0.0989. The van der Waals surface area contributed by atoms with E-state index in [1.807, 2.05) is 0 Å². The minimum absolute atomic E-state index is 0.310. The van der Waals surface area contributed by atoms with E-state index in [4.69, 9.17) is 10.0 Å². The Morgan fingerprint density at radius 3 is 1.91 bits per heavy atom. The maximum absolute atomic E-state index is 13.8. The van der Waals surface area contributed by atoms with Crippen LogP contribution in [0.15, 0.2) is 12.1 Å². The summed E-state index contributed by atoms with van der Waals surface area (Å²) in [7, 11) is -1.98. The normalized spacial score (nSPS) is 11.0. The zero-order chi connectivity index (χ0) is 16.4. The molecule has 0 fully saturated rings. The van der Waals surface area contributed by atoms with Crippen LogP contribution < -0.4 is 5.46 Å². The Kier molecular flexibility index (Phi) is 9.33. The van der Waals surface area contributed by atoms with Crippen molar-refractivity contribution in [3.05, 3.63) is 29.3 Å². The molecule has 0 bridgehead atoms. The molecule has 1 aromatic carbocycles. The summed E-state index contributed by atoms with van der Waals surface area (Å²) in [6.07, 6.45) is 11.1. The van der Waals surface area contributed by atoms with Crippen molar-refractivity contribution in [3.63, 3.8) is 0 Å². The standard InChI is InChI=1S/C17H27BF2O2/c1-2-3-4-5-6-7-8-9-10-11-14-12-13-15(18(21)22)17(20)16(14)19/h12-13,21-22H,2-11H2,1H3. The van der Waals surface area contributed by atoms with Crippen molar-refractivity contribution in [2.75, 3.05) is 0 Å². The molecule has 0 radical (unpaired) electrons. The van der Waals surface area contributed by atoms with E-state index in [9.17, 15) is 8.78 Å². The van der Waals surface area contributed by atoms with E-state index in [-0.39, 0.29) is 0 Å². The smallest absolute Gasteiger partial charge is 0.423 e. The number of benzene rings is 1. The van der Waals surface area contributed by atoms with Crippen molar-refractivity contribution < 1.29 is 18.8 Å². The van der Waals surface area contributed by atoms with Crippen LogP contribution in [0.1, 0.15) is 70.3 Å². The molecule has 0 unspecified atom stereocenters. The quantitative estimate of drug-likeness (QED) is 0.483. The van der Waals surface area contributed by atoms with Crippen molar-refractivity contribution in [1.82, 2.24) is 0 Å². The lowest BCUT2D eigenvalue weighted by molar-refractivity contribution is 0.419. The molecule has 0 saturated heterocycles. The Morgan fingerprint density at radius 2 is 1.36 bits per heavy atom. The number of hydrogen-bond donors (Lipinski definition) is 2. The van der Waals surface area contributed by atoms with Gasteiger partial charge in [-0.05, 0) is 18.4 Å². The van der Waals surface area contributed by atoms with Gasteiger partial charge in [0.15, 0.2) is 11.6 Å². The van der Waals surface area contributed by atoms with Gasteiger partial charge in [-0.15, -0.1) is 0 Å². The third kappa shape index (κ3) is 6.45. The van der Waals surface area contributed by atoms with Crippen LogP contribution in [0.2, 0.25) is 0 Å². The highest BCUT2D eigenvalue weighted by molar-refractivity contribution is 6.58. The SMILES string of the molecule is CCCCCCCCCCCc1ccc(B(O)O)c(F)c1F. The van der Waals surface area contributed by atoms with Crippen LogP contribution in [0.5, 0.6) is 0 Å². The van der Waals surface area contributed by atoms with E-state index >= 15 is 0 Å². The molecule has 0 amide bonds. The average molecular weight is 312 g/mol. The van der Waals surface area contributed by atoms with Crippen molar-refractivity contribution in [3.8, 4) is 0 Å². The summed E-state index contributed by atoms with van der Waals surface area (Å²) in [4.78, 5) is 0. The Hall–Kier alpha value is -0.935. The fraction of sp³-hybridized carbons (Fsp3) is 0.647. The second-order valence-electron chi connectivity index (χ2n) is 5.89. The monoisotopic (exact) mass is 312 g/mol. The van der Waals surface area contributed by atoms with Gasteiger partial charge < -0.3 is 10.0 Å². The number of unbranched alkanes of at least 4 members (excludes halogenated alkanes) is 8. The lowest BCUT2D eigenvalue weighted by Gasteiger charge is -2.08. The van der Waals surface area contributed by atoms with E-state index < -0.39 is 24.2 Å². The largest absolute Gasteiger partial charge is 0.491 e. The van der Waals surface area contributed by atoms with E-state index in [0.717, 1.165) is 19.3 Å². The van der Waals surface area contributed by atoms with Crippen LogP contribution in [0.25, 0.3) is 0 Å². The van der Waals surface area contributed by atoms with Gasteiger partial charge in [0.25, 0.3) is 0 Å². The molecule has 22 heavy (non-hydrogen) atoms. The summed E-state index contributed by atoms with van der Waals surface area (Å²) in [6.45, 7) is 2.20. The van der Waals surface area contributed by atoms with Crippen LogP contribution in [0.3, 0.4) is 0 Å². The number of halogens is 2. The van der Waals surface area contributed by atoms with E-state index in [2.05, 4.69) is 6.92 Å². The Bertz CT molecular complexity index is 439. The fourth-order valence-corrected chi connectivity index (χ4v) is 2.62. The Balaban J connectivity index is 2.24. The minimum atomic E-state index is -1.98. The summed E-state index contributed by atoms with van der Waals surface area (Å²) in [6, 6.07) is 2.68. The third-order valence-corrected chi connectivity index (χ3v) is 4.02. The zero-order valence-electron chi connectivity index (χ0n) is 13.5. The Morgan fingerprint density at radius 1 is 0.818 bits per heavy atom. The number of aryl methyl sites for hydroxylation is 1. The lowest BCUT2D eigenvalue weighted by Crippen LogP contribution is -2.33. The summed E-state index contributed by atoms with van der Waals surface area (Å²) in [5, 5.41) is 17.8. The highest BCUT2D eigenvalue weighted by Gasteiger charge is 2.21. The van der Waals surface area contributed by atoms with Gasteiger partial charge in [0.2, 0.25) is 0 Å². The predicted octanol–water partition coefficient (Wildman–Crippen LogP) is 3.72. The molecule has 0 aliphatic rings. The van der Waals surface area contributed by atoms with Crippen LogP contribution >= 0.6 is 0 Å². The summed E-state index contributed by atoms with van der Waals surface area (Å²) < 4.78 is 27.4. The number of rotatable bonds is 11. The molecule has 5 heteroatoms. The first-order valence-electron chi connectivity index (χ1n) is 8.40. The molecule has 0 aliphatic carbocycles. The van der Waals surface area contributed by atoms with Crippen LogP contribution in [-0.4, -0.2) is 17.2 Å². The topological polar surface area (TPSA) is 40.5 Å². The molecule has 0 spiro atoms.